The van der Waals surface area contributed by atoms with Gasteiger partial charge in [-0.15, -0.1) is 0 Å². The molecule has 4 heteroatoms. The summed E-state index contributed by atoms with van der Waals surface area (Å²) in [5.41, 5.74) is 1.65. The molecule has 20 heavy (non-hydrogen) atoms. The van der Waals surface area contributed by atoms with Crippen LogP contribution < -0.4 is 0 Å². The monoisotopic (exact) mass is 296 g/mol. The van der Waals surface area contributed by atoms with Crippen molar-refractivity contribution < 1.29 is 13.2 Å². The highest BCUT2D eigenvalue weighted by Crippen LogP contribution is 2.15. The molecule has 0 heterocycles. The summed E-state index contributed by atoms with van der Waals surface area (Å²) in [4.78, 5) is 12.1. The Morgan fingerprint density at radius 1 is 1.10 bits per heavy atom. The van der Waals surface area contributed by atoms with Gasteiger partial charge < -0.3 is 0 Å². The van der Waals surface area contributed by atoms with E-state index < -0.39 is 20.8 Å². The van der Waals surface area contributed by atoms with Crippen molar-refractivity contribution in [2.24, 2.45) is 5.92 Å². The SMILES string of the molecule is CCCc1ccc(C(=O)CS(=O)(=O)C(C)C(C)C)cc1. The van der Waals surface area contributed by atoms with Crippen LogP contribution in [0.2, 0.25) is 0 Å². The Kier molecular flexibility index (Phi) is 5.93. The van der Waals surface area contributed by atoms with Crippen molar-refractivity contribution in [1.29, 1.82) is 0 Å². The summed E-state index contributed by atoms with van der Waals surface area (Å²) in [6.45, 7) is 7.47. The zero-order valence-electron chi connectivity index (χ0n) is 12.7. The first-order valence-corrected chi connectivity index (χ1v) is 8.83. The number of Topliss-reactive ketones (excluding diaryl/α,β-unsaturated/α-hetero) is 1. The second-order valence-electron chi connectivity index (χ2n) is 5.63. The van der Waals surface area contributed by atoms with E-state index in [-0.39, 0.29) is 11.7 Å². The molecule has 0 fully saturated rings. The van der Waals surface area contributed by atoms with Crippen LogP contribution in [0.4, 0.5) is 0 Å². The van der Waals surface area contributed by atoms with E-state index in [9.17, 15) is 13.2 Å². The van der Waals surface area contributed by atoms with Crippen molar-refractivity contribution in [3.05, 3.63) is 35.4 Å². The average Bonchev–Trinajstić information content (AvgIpc) is 2.38. The molecule has 0 saturated heterocycles. The minimum absolute atomic E-state index is 0.0136. The molecule has 1 aromatic rings. The second kappa shape index (κ2) is 7.02. The number of benzene rings is 1. The van der Waals surface area contributed by atoms with Crippen LogP contribution in [0.1, 0.15) is 50.0 Å². The van der Waals surface area contributed by atoms with Crippen molar-refractivity contribution in [2.75, 3.05) is 5.75 Å². The highest BCUT2D eigenvalue weighted by atomic mass is 32.2. The fourth-order valence-corrected chi connectivity index (χ4v) is 3.58. The quantitative estimate of drug-likeness (QED) is 0.726. The molecule has 0 radical (unpaired) electrons. The van der Waals surface area contributed by atoms with Crippen LogP contribution in [-0.4, -0.2) is 25.2 Å². The molecule has 0 N–H and O–H groups in total. The van der Waals surface area contributed by atoms with Gasteiger partial charge in [0.1, 0.15) is 5.75 Å². The Morgan fingerprint density at radius 2 is 1.65 bits per heavy atom. The van der Waals surface area contributed by atoms with Gasteiger partial charge in [-0.1, -0.05) is 51.5 Å². The van der Waals surface area contributed by atoms with E-state index in [1.165, 1.54) is 5.56 Å². The summed E-state index contributed by atoms with van der Waals surface area (Å²) in [6, 6.07) is 7.25. The number of hydrogen-bond acceptors (Lipinski definition) is 3. The largest absolute Gasteiger partial charge is 0.293 e. The van der Waals surface area contributed by atoms with Crippen LogP contribution in [0.3, 0.4) is 0 Å². The summed E-state index contributed by atoms with van der Waals surface area (Å²) in [6.07, 6.45) is 2.02. The number of carbonyl (C=O) groups excluding carboxylic acids is 1. The minimum atomic E-state index is -3.38. The molecule has 1 unspecified atom stereocenters. The van der Waals surface area contributed by atoms with Gasteiger partial charge >= 0.3 is 0 Å². The lowest BCUT2D eigenvalue weighted by Crippen LogP contribution is -2.29. The highest BCUT2D eigenvalue weighted by molar-refractivity contribution is 7.92. The van der Waals surface area contributed by atoms with Gasteiger partial charge in [0.15, 0.2) is 15.6 Å². The van der Waals surface area contributed by atoms with Crippen molar-refractivity contribution in [3.63, 3.8) is 0 Å². The first-order valence-electron chi connectivity index (χ1n) is 7.11. The Labute approximate surface area is 122 Å². The van der Waals surface area contributed by atoms with Crippen molar-refractivity contribution in [2.45, 2.75) is 45.8 Å². The van der Waals surface area contributed by atoms with Crippen LogP contribution >= 0.6 is 0 Å². The van der Waals surface area contributed by atoms with Crippen molar-refractivity contribution >= 4 is 15.6 Å². The number of ketones is 1. The second-order valence-corrected chi connectivity index (χ2v) is 7.98. The van der Waals surface area contributed by atoms with Gasteiger partial charge in [0, 0.05) is 5.56 Å². The smallest absolute Gasteiger partial charge is 0.177 e. The molecule has 0 aliphatic heterocycles. The molecular weight excluding hydrogens is 272 g/mol. The maximum atomic E-state index is 12.1. The van der Waals surface area contributed by atoms with E-state index in [1.807, 2.05) is 26.0 Å². The first kappa shape index (κ1) is 16.9. The topological polar surface area (TPSA) is 51.2 Å². The molecule has 0 amide bonds. The third-order valence-corrected chi connectivity index (χ3v) is 5.99. The van der Waals surface area contributed by atoms with Gasteiger partial charge in [-0.2, -0.15) is 0 Å². The molecule has 1 rings (SSSR count). The maximum Gasteiger partial charge on any atom is 0.177 e. The lowest BCUT2D eigenvalue weighted by molar-refractivity contribution is 0.102. The summed E-state index contributed by atoms with van der Waals surface area (Å²) < 4.78 is 24.2. The van der Waals surface area contributed by atoms with Crippen molar-refractivity contribution in [3.8, 4) is 0 Å². The van der Waals surface area contributed by atoms with Gasteiger partial charge in [-0.05, 0) is 24.8 Å². The average molecular weight is 296 g/mol. The normalized spacial score (nSPS) is 13.4. The molecule has 0 spiro atoms. The van der Waals surface area contributed by atoms with E-state index >= 15 is 0 Å². The molecular formula is C16H24O3S. The Balaban J connectivity index is 2.81. The Morgan fingerprint density at radius 3 is 2.10 bits per heavy atom. The molecule has 0 aliphatic carbocycles. The molecule has 3 nitrogen and oxygen atoms in total. The Bertz CT molecular complexity index is 542. The zero-order valence-corrected chi connectivity index (χ0v) is 13.5. The number of hydrogen-bond donors (Lipinski definition) is 0. The van der Waals surface area contributed by atoms with E-state index in [0.717, 1.165) is 12.8 Å². The third kappa shape index (κ3) is 4.44. The number of carbonyl (C=O) groups is 1. The number of aryl methyl sites for hydroxylation is 1. The predicted molar refractivity (Wildman–Crippen MR) is 82.9 cm³/mol. The first-order chi connectivity index (χ1) is 9.27. The fourth-order valence-electron chi connectivity index (χ4n) is 1.96. The molecule has 1 aromatic carbocycles. The zero-order chi connectivity index (χ0) is 15.3. The molecule has 0 saturated carbocycles. The minimum Gasteiger partial charge on any atom is -0.293 e. The van der Waals surface area contributed by atoms with Crippen LogP contribution in [0.5, 0.6) is 0 Å². The van der Waals surface area contributed by atoms with E-state index in [2.05, 4.69) is 6.92 Å². The van der Waals surface area contributed by atoms with Gasteiger partial charge in [0.25, 0.3) is 0 Å². The van der Waals surface area contributed by atoms with Gasteiger partial charge in [0.2, 0.25) is 0 Å². The molecule has 0 aromatic heterocycles. The number of sulfone groups is 1. The van der Waals surface area contributed by atoms with Crippen molar-refractivity contribution in [1.82, 2.24) is 0 Å². The molecule has 0 bridgehead atoms. The molecule has 112 valence electrons. The van der Waals surface area contributed by atoms with E-state index in [1.54, 1.807) is 19.1 Å². The van der Waals surface area contributed by atoms with E-state index in [0.29, 0.717) is 5.56 Å². The van der Waals surface area contributed by atoms with Gasteiger partial charge in [-0.3, -0.25) is 4.79 Å². The van der Waals surface area contributed by atoms with Crippen LogP contribution in [0.25, 0.3) is 0 Å². The summed E-state index contributed by atoms with van der Waals surface area (Å²) in [5.74, 6) is -0.709. The van der Waals surface area contributed by atoms with Crippen LogP contribution in [-0.2, 0) is 16.3 Å². The maximum absolute atomic E-state index is 12.1. The predicted octanol–water partition coefficient (Wildman–Crippen LogP) is 3.28. The van der Waals surface area contributed by atoms with Crippen LogP contribution in [0, 0.1) is 5.92 Å². The summed E-state index contributed by atoms with van der Waals surface area (Å²) in [7, 11) is -3.38. The highest BCUT2D eigenvalue weighted by Gasteiger charge is 2.27. The molecule has 1 atom stereocenters. The van der Waals surface area contributed by atoms with E-state index in [4.69, 9.17) is 0 Å². The standard InChI is InChI=1S/C16H24O3S/c1-5-6-14-7-9-15(10-8-14)16(17)11-20(18,19)13(4)12(2)3/h7-10,12-13H,5-6,11H2,1-4H3. The summed E-state index contributed by atoms with van der Waals surface area (Å²) in [5, 5.41) is -0.495. The molecule has 0 aliphatic rings. The lowest BCUT2D eigenvalue weighted by Gasteiger charge is -2.15. The van der Waals surface area contributed by atoms with Crippen LogP contribution in [0.15, 0.2) is 24.3 Å². The summed E-state index contributed by atoms with van der Waals surface area (Å²) >= 11 is 0. The fraction of sp³-hybridized carbons (Fsp3) is 0.562. The Hall–Kier alpha value is -1.16. The van der Waals surface area contributed by atoms with Gasteiger partial charge in [-0.25, -0.2) is 8.42 Å². The number of rotatable bonds is 7. The lowest BCUT2D eigenvalue weighted by atomic mass is 10.1. The van der Waals surface area contributed by atoms with Gasteiger partial charge in [0.05, 0.1) is 5.25 Å². The third-order valence-electron chi connectivity index (χ3n) is 3.65.